The van der Waals surface area contributed by atoms with Crippen molar-refractivity contribution in [2.45, 2.75) is 17.8 Å². The van der Waals surface area contributed by atoms with Crippen molar-refractivity contribution in [3.05, 3.63) is 59.7 Å². The number of carbonyl (C=O) groups is 1. The fraction of sp³-hybridized carbons (Fsp3) is 0.350. The van der Waals surface area contributed by atoms with Gasteiger partial charge >= 0.3 is 6.36 Å². The van der Waals surface area contributed by atoms with E-state index in [1.807, 2.05) is 0 Å². The maximum Gasteiger partial charge on any atom is 0.573 e. The summed E-state index contributed by atoms with van der Waals surface area (Å²) in [6.45, 7) is 0.638. The topological polar surface area (TPSA) is 76.2 Å². The normalized spacial score (nSPS) is 15.5. The van der Waals surface area contributed by atoms with Crippen LogP contribution in [0.2, 0.25) is 0 Å². The van der Waals surface area contributed by atoms with Crippen LogP contribution < -0.4 is 4.74 Å². The molecule has 3 rings (SSSR count). The van der Waals surface area contributed by atoms with Crippen LogP contribution in [0.15, 0.2) is 53.4 Å². The monoisotopic (exact) mass is 458 g/mol. The lowest BCUT2D eigenvalue weighted by atomic mass is 10.1. The van der Waals surface area contributed by atoms with Crippen LogP contribution in [0.1, 0.15) is 15.9 Å². The predicted molar refractivity (Wildman–Crippen MR) is 105 cm³/mol. The summed E-state index contributed by atoms with van der Waals surface area (Å²) in [6.07, 6.45) is -4.88. The number of para-hydroxylation sites is 1. The number of morpholine rings is 1. The molecular weight excluding hydrogens is 437 g/mol. The van der Waals surface area contributed by atoms with Crippen LogP contribution in [-0.4, -0.2) is 63.2 Å². The molecule has 0 radical (unpaired) electrons. The van der Waals surface area contributed by atoms with Crippen molar-refractivity contribution in [3.63, 3.8) is 0 Å². The smallest absolute Gasteiger partial charge is 0.405 e. The fourth-order valence-corrected chi connectivity index (χ4v) is 4.78. The molecule has 168 valence electrons. The Hall–Kier alpha value is -2.63. The van der Waals surface area contributed by atoms with Gasteiger partial charge < -0.3 is 14.4 Å². The summed E-state index contributed by atoms with van der Waals surface area (Å²) >= 11 is 0. The standard InChI is InChI=1S/C20H21F3N2O5S/c1-24(14-15-6-2-4-8-17(15)30-20(21,22)23)19(26)16-7-3-5-9-18(16)31(27,28)25-10-12-29-13-11-25/h2-9H,10-14H2,1H3. The third-order valence-corrected chi connectivity index (χ3v) is 6.61. The molecule has 7 nitrogen and oxygen atoms in total. The van der Waals surface area contributed by atoms with E-state index in [0.29, 0.717) is 0 Å². The average molecular weight is 458 g/mol. The third-order valence-electron chi connectivity index (χ3n) is 4.66. The number of ether oxygens (including phenoxy) is 2. The SMILES string of the molecule is CN(Cc1ccccc1OC(F)(F)F)C(=O)c1ccccc1S(=O)(=O)N1CCOCC1. The highest BCUT2D eigenvalue weighted by Crippen LogP contribution is 2.28. The first-order valence-electron chi connectivity index (χ1n) is 9.35. The molecule has 0 saturated carbocycles. The van der Waals surface area contributed by atoms with Gasteiger partial charge in [0.1, 0.15) is 5.75 Å². The van der Waals surface area contributed by atoms with Crippen LogP contribution >= 0.6 is 0 Å². The molecule has 1 aliphatic heterocycles. The Bertz CT molecular complexity index is 1040. The van der Waals surface area contributed by atoms with Crippen molar-refractivity contribution in [2.24, 2.45) is 0 Å². The Balaban J connectivity index is 1.86. The number of benzene rings is 2. The number of hydrogen-bond donors (Lipinski definition) is 0. The van der Waals surface area contributed by atoms with E-state index in [1.165, 1.54) is 53.8 Å². The minimum absolute atomic E-state index is 0.0642. The number of halogens is 3. The lowest BCUT2D eigenvalue weighted by Crippen LogP contribution is -2.41. The van der Waals surface area contributed by atoms with Gasteiger partial charge in [-0.05, 0) is 18.2 Å². The lowest BCUT2D eigenvalue weighted by Gasteiger charge is -2.27. The van der Waals surface area contributed by atoms with Crippen molar-refractivity contribution in [2.75, 3.05) is 33.4 Å². The molecule has 0 N–H and O–H groups in total. The largest absolute Gasteiger partial charge is 0.573 e. The van der Waals surface area contributed by atoms with Crippen LogP contribution in [0.25, 0.3) is 0 Å². The van der Waals surface area contributed by atoms with Gasteiger partial charge in [-0.2, -0.15) is 4.31 Å². The molecular formula is C20H21F3N2O5S. The van der Waals surface area contributed by atoms with E-state index in [0.717, 1.165) is 11.0 Å². The fourth-order valence-electron chi connectivity index (χ4n) is 3.19. The molecule has 1 aliphatic rings. The van der Waals surface area contributed by atoms with Crippen LogP contribution in [0.4, 0.5) is 13.2 Å². The van der Waals surface area contributed by atoms with Gasteiger partial charge in [0, 0.05) is 32.2 Å². The second kappa shape index (κ2) is 9.25. The van der Waals surface area contributed by atoms with Crippen molar-refractivity contribution >= 4 is 15.9 Å². The number of alkyl halides is 3. The van der Waals surface area contributed by atoms with E-state index in [4.69, 9.17) is 4.74 Å². The Morgan fingerprint density at radius 1 is 1.10 bits per heavy atom. The number of nitrogens with zero attached hydrogens (tertiary/aromatic N) is 2. The van der Waals surface area contributed by atoms with E-state index < -0.39 is 28.0 Å². The molecule has 0 bridgehead atoms. The Kier molecular flexibility index (Phi) is 6.87. The summed E-state index contributed by atoms with van der Waals surface area (Å²) in [7, 11) is -2.56. The molecule has 0 aromatic heterocycles. The Morgan fingerprint density at radius 3 is 2.39 bits per heavy atom. The Labute approximate surface area is 178 Å². The van der Waals surface area contributed by atoms with Gasteiger partial charge in [-0.25, -0.2) is 8.42 Å². The van der Waals surface area contributed by atoms with Gasteiger partial charge in [0.2, 0.25) is 10.0 Å². The molecule has 0 aliphatic carbocycles. The van der Waals surface area contributed by atoms with Gasteiger partial charge in [-0.3, -0.25) is 4.79 Å². The van der Waals surface area contributed by atoms with Crippen molar-refractivity contribution < 1.29 is 35.9 Å². The minimum atomic E-state index is -4.88. The van der Waals surface area contributed by atoms with Gasteiger partial charge in [0.05, 0.1) is 23.7 Å². The number of rotatable bonds is 6. The van der Waals surface area contributed by atoms with E-state index in [-0.39, 0.29) is 48.9 Å². The van der Waals surface area contributed by atoms with Crippen molar-refractivity contribution in [3.8, 4) is 5.75 Å². The first-order valence-corrected chi connectivity index (χ1v) is 10.8. The molecule has 2 aromatic carbocycles. The maximum atomic E-state index is 13.1. The maximum absolute atomic E-state index is 13.1. The van der Waals surface area contributed by atoms with Gasteiger partial charge in [0.15, 0.2) is 0 Å². The van der Waals surface area contributed by atoms with Crippen molar-refractivity contribution in [1.29, 1.82) is 0 Å². The summed E-state index contributed by atoms with van der Waals surface area (Å²) in [5, 5.41) is 0. The van der Waals surface area contributed by atoms with Gasteiger partial charge in [-0.1, -0.05) is 30.3 Å². The molecule has 1 saturated heterocycles. The quantitative estimate of drug-likeness (QED) is 0.666. The van der Waals surface area contributed by atoms with Crippen LogP contribution in [0.5, 0.6) is 5.75 Å². The van der Waals surface area contributed by atoms with Gasteiger partial charge in [0.25, 0.3) is 5.91 Å². The zero-order chi connectivity index (χ0) is 22.6. The second-order valence-corrected chi connectivity index (χ2v) is 8.74. The van der Waals surface area contributed by atoms with Crippen LogP contribution in [0, 0.1) is 0 Å². The molecule has 1 fully saturated rings. The van der Waals surface area contributed by atoms with E-state index in [2.05, 4.69) is 4.74 Å². The summed E-state index contributed by atoms with van der Waals surface area (Å²) in [5.41, 5.74) is 0.0647. The first kappa shape index (κ1) is 23.0. The number of carbonyl (C=O) groups excluding carboxylic acids is 1. The van der Waals surface area contributed by atoms with Crippen LogP contribution in [-0.2, 0) is 21.3 Å². The molecule has 11 heteroatoms. The molecule has 0 spiro atoms. The highest BCUT2D eigenvalue weighted by atomic mass is 32.2. The first-order chi connectivity index (χ1) is 14.6. The van der Waals surface area contributed by atoms with Crippen LogP contribution in [0.3, 0.4) is 0 Å². The summed E-state index contributed by atoms with van der Waals surface area (Å²) in [4.78, 5) is 14.0. The molecule has 0 unspecified atom stereocenters. The van der Waals surface area contributed by atoms with Crippen molar-refractivity contribution in [1.82, 2.24) is 9.21 Å². The molecule has 0 atom stereocenters. The molecule has 1 amide bonds. The molecule has 31 heavy (non-hydrogen) atoms. The third kappa shape index (κ3) is 5.54. The average Bonchev–Trinajstić information content (AvgIpc) is 2.74. The predicted octanol–water partition coefficient (Wildman–Crippen LogP) is 2.88. The Morgan fingerprint density at radius 2 is 1.71 bits per heavy atom. The van der Waals surface area contributed by atoms with E-state index >= 15 is 0 Å². The minimum Gasteiger partial charge on any atom is -0.405 e. The van der Waals surface area contributed by atoms with Gasteiger partial charge in [-0.15, -0.1) is 13.2 Å². The van der Waals surface area contributed by atoms with E-state index in [9.17, 15) is 26.4 Å². The highest BCUT2D eigenvalue weighted by molar-refractivity contribution is 7.89. The second-order valence-electron chi connectivity index (χ2n) is 6.83. The zero-order valence-electron chi connectivity index (χ0n) is 16.6. The molecule has 2 aromatic rings. The van der Waals surface area contributed by atoms with E-state index in [1.54, 1.807) is 0 Å². The number of hydrogen-bond acceptors (Lipinski definition) is 5. The summed E-state index contributed by atoms with van der Waals surface area (Å²) < 4.78 is 74.6. The highest BCUT2D eigenvalue weighted by Gasteiger charge is 2.33. The summed E-state index contributed by atoms with van der Waals surface area (Å²) in [5.74, 6) is -1.07. The number of sulfonamides is 1. The zero-order valence-corrected chi connectivity index (χ0v) is 17.4. The lowest BCUT2D eigenvalue weighted by molar-refractivity contribution is -0.275. The molecule has 1 heterocycles. The number of amides is 1. The summed E-state index contributed by atoms with van der Waals surface area (Å²) in [6, 6.07) is 11.2.